The first kappa shape index (κ1) is 17.5. The molecule has 1 atom stereocenters. The minimum Gasteiger partial charge on any atom is -0.348 e. The zero-order valence-corrected chi connectivity index (χ0v) is 14.9. The molecule has 1 amide bonds. The summed E-state index contributed by atoms with van der Waals surface area (Å²) in [5, 5.41) is 4.31. The average Bonchev–Trinajstić information content (AvgIpc) is 2.57. The number of para-hydroxylation sites is 1. The molecule has 0 unspecified atom stereocenters. The Morgan fingerprint density at radius 2 is 2.00 bits per heavy atom. The number of fused-ring (bicyclic) bond motifs is 1. The van der Waals surface area contributed by atoms with Crippen LogP contribution in [0.4, 0.5) is 0 Å². The largest absolute Gasteiger partial charge is 0.348 e. The molecule has 2 aromatic carbocycles. The van der Waals surface area contributed by atoms with Crippen LogP contribution in [0.3, 0.4) is 0 Å². The second-order valence-corrected chi connectivity index (χ2v) is 6.49. The van der Waals surface area contributed by atoms with E-state index in [1.807, 2.05) is 13.0 Å². The van der Waals surface area contributed by atoms with Gasteiger partial charge in [0.2, 0.25) is 5.91 Å². The average molecular weight is 376 g/mol. The van der Waals surface area contributed by atoms with Gasteiger partial charge in [-0.25, -0.2) is 4.98 Å². The Bertz CT molecular complexity index is 1000. The van der Waals surface area contributed by atoms with E-state index in [9.17, 15) is 9.59 Å². The lowest BCUT2D eigenvalue weighted by atomic mass is 10.1. The summed E-state index contributed by atoms with van der Waals surface area (Å²) in [4.78, 5) is 28.9. The zero-order chi connectivity index (χ0) is 18.0. The molecule has 1 N–H and O–H groups in total. The molecule has 0 spiro atoms. The Balaban J connectivity index is 1.76. The number of hydrogen-bond donors (Lipinski definition) is 1. The number of halogens is 2. The fraction of sp³-hybridized carbons (Fsp3) is 0.167. The Morgan fingerprint density at radius 3 is 2.76 bits per heavy atom. The fourth-order valence-electron chi connectivity index (χ4n) is 2.59. The minimum absolute atomic E-state index is 0.119. The van der Waals surface area contributed by atoms with Crippen molar-refractivity contribution in [1.29, 1.82) is 0 Å². The van der Waals surface area contributed by atoms with Gasteiger partial charge in [-0.15, -0.1) is 0 Å². The summed E-state index contributed by atoms with van der Waals surface area (Å²) < 4.78 is 1.29. The molecule has 25 heavy (non-hydrogen) atoms. The maximum atomic E-state index is 12.4. The third-order valence-corrected chi connectivity index (χ3v) is 4.41. The highest BCUT2D eigenvalue weighted by molar-refractivity contribution is 6.35. The number of hydrogen-bond acceptors (Lipinski definition) is 3. The van der Waals surface area contributed by atoms with E-state index in [0.717, 1.165) is 5.56 Å². The topological polar surface area (TPSA) is 64.0 Å². The molecule has 5 nitrogen and oxygen atoms in total. The van der Waals surface area contributed by atoms with Gasteiger partial charge in [0.05, 0.1) is 23.3 Å². The van der Waals surface area contributed by atoms with Crippen molar-refractivity contribution in [3.05, 3.63) is 74.8 Å². The van der Waals surface area contributed by atoms with E-state index in [1.54, 1.807) is 36.4 Å². The highest BCUT2D eigenvalue weighted by Crippen LogP contribution is 2.26. The van der Waals surface area contributed by atoms with Crippen LogP contribution in [0.15, 0.2) is 53.6 Å². The van der Waals surface area contributed by atoms with Crippen LogP contribution in [0.2, 0.25) is 10.0 Å². The molecule has 7 heteroatoms. The number of nitrogens with one attached hydrogen (secondary N) is 1. The summed E-state index contributed by atoms with van der Waals surface area (Å²) in [7, 11) is 0. The molecule has 0 fully saturated rings. The molecule has 3 aromatic rings. The third-order valence-electron chi connectivity index (χ3n) is 3.85. The molecule has 0 bridgehead atoms. The number of nitrogens with zero attached hydrogens (tertiary/aromatic N) is 2. The summed E-state index contributed by atoms with van der Waals surface area (Å²) in [6.45, 7) is 1.70. The number of carbonyl (C=O) groups excluding carboxylic acids is 1. The molecule has 0 saturated carbocycles. The van der Waals surface area contributed by atoms with E-state index in [4.69, 9.17) is 23.2 Å². The summed E-state index contributed by atoms with van der Waals surface area (Å²) >= 11 is 12.0. The van der Waals surface area contributed by atoms with Gasteiger partial charge in [-0.2, -0.15) is 0 Å². The van der Waals surface area contributed by atoms with E-state index in [2.05, 4.69) is 10.3 Å². The molecule has 0 aliphatic carbocycles. The number of carbonyl (C=O) groups is 1. The van der Waals surface area contributed by atoms with E-state index >= 15 is 0 Å². The number of aromatic nitrogens is 2. The van der Waals surface area contributed by atoms with Crippen LogP contribution in [0.5, 0.6) is 0 Å². The summed E-state index contributed by atoms with van der Waals surface area (Å²) in [5.74, 6) is -0.308. The van der Waals surface area contributed by atoms with Crippen molar-refractivity contribution in [2.24, 2.45) is 0 Å². The molecule has 0 saturated heterocycles. The monoisotopic (exact) mass is 375 g/mol. The fourth-order valence-corrected chi connectivity index (χ4v) is 3.16. The van der Waals surface area contributed by atoms with Crippen LogP contribution in [0.1, 0.15) is 18.5 Å². The Labute approximate surface area is 154 Å². The molecule has 0 aliphatic heterocycles. The van der Waals surface area contributed by atoms with Crippen molar-refractivity contribution in [1.82, 2.24) is 14.9 Å². The zero-order valence-electron chi connectivity index (χ0n) is 13.4. The molecule has 128 valence electrons. The SMILES string of the molecule is C[C@H](NC(=O)Cn1cnc2ccccc2c1=O)c1ccc(Cl)cc1Cl. The van der Waals surface area contributed by atoms with Gasteiger partial charge in [0.1, 0.15) is 6.54 Å². The Hall–Kier alpha value is -2.37. The lowest BCUT2D eigenvalue weighted by Crippen LogP contribution is -2.34. The van der Waals surface area contributed by atoms with Crippen molar-refractivity contribution >= 4 is 40.0 Å². The van der Waals surface area contributed by atoms with Gasteiger partial charge in [-0.1, -0.05) is 41.4 Å². The van der Waals surface area contributed by atoms with Crippen LogP contribution < -0.4 is 10.9 Å². The smallest absolute Gasteiger partial charge is 0.261 e. The lowest BCUT2D eigenvalue weighted by Gasteiger charge is -2.16. The number of rotatable bonds is 4. The number of amides is 1. The molecule has 0 aliphatic rings. The van der Waals surface area contributed by atoms with Gasteiger partial charge in [0.15, 0.2) is 0 Å². The van der Waals surface area contributed by atoms with Crippen molar-refractivity contribution in [3.63, 3.8) is 0 Å². The standard InChI is InChI=1S/C18H15Cl2N3O2/c1-11(13-7-6-12(19)8-15(13)20)22-17(24)9-23-10-21-16-5-3-2-4-14(16)18(23)25/h2-8,10-11H,9H2,1H3,(H,22,24)/t11-/m0/s1. The van der Waals surface area contributed by atoms with Crippen LogP contribution in [0, 0.1) is 0 Å². The summed E-state index contributed by atoms with van der Waals surface area (Å²) in [6.07, 6.45) is 1.38. The van der Waals surface area contributed by atoms with Gasteiger partial charge in [0.25, 0.3) is 5.56 Å². The Kier molecular flexibility index (Phi) is 5.06. The first-order valence-electron chi connectivity index (χ1n) is 7.64. The van der Waals surface area contributed by atoms with E-state index in [1.165, 1.54) is 10.9 Å². The molecule has 1 heterocycles. The summed E-state index contributed by atoms with van der Waals surface area (Å²) in [6, 6.07) is 11.8. The van der Waals surface area contributed by atoms with Gasteiger partial charge in [0, 0.05) is 10.0 Å². The first-order valence-corrected chi connectivity index (χ1v) is 8.40. The van der Waals surface area contributed by atoms with Crippen molar-refractivity contribution in [2.75, 3.05) is 0 Å². The molecule has 1 aromatic heterocycles. The van der Waals surface area contributed by atoms with Crippen LogP contribution in [0.25, 0.3) is 10.9 Å². The normalized spacial score (nSPS) is 12.1. The lowest BCUT2D eigenvalue weighted by molar-refractivity contribution is -0.122. The minimum atomic E-state index is -0.318. The predicted molar refractivity (Wildman–Crippen MR) is 99.0 cm³/mol. The maximum Gasteiger partial charge on any atom is 0.261 e. The van der Waals surface area contributed by atoms with Crippen molar-refractivity contribution < 1.29 is 4.79 Å². The second-order valence-electron chi connectivity index (χ2n) is 5.65. The van der Waals surface area contributed by atoms with Gasteiger partial charge in [-0.05, 0) is 36.8 Å². The highest BCUT2D eigenvalue weighted by Gasteiger charge is 2.14. The number of benzene rings is 2. The van der Waals surface area contributed by atoms with Crippen LogP contribution >= 0.6 is 23.2 Å². The maximum absolute atomic E-state index is 12.4. The van der Waals surface area contributed by atoms with Crippen LogP contribution in [-0.4, -0.2) is 15.5 Å². The summed E-state index contributed by atoms with van der Waals surface area (Å²) in [5.41, 5.74) is 1.10. The predicted octanol–water partition coefficient (Wildman–Crippen LogP) is 3.58. The van der Waals surface area contributed by atoms with Gasteiger partial charge in [-0.3, -0.25) is 14.2 Å². The Morgan fingerprint density at radius 1 is 1.24 bits per heavy atom. The quantitative estimate of drug-likeness (QED) is 0.757. The molecule has 0 radical (unpaired) electrons. The molecular formula is C18H15Cl2N3O2. The third kappa shape index (κ3) is 3.83. The van der Waals surface area contributed by atoms with Crippen molar-refractivity contribution in [3.8, 4) is 0 Å². The van der Waals surface area contributed by atoms with Gasteiger partial charge >= 0.3 is 0 Å². The van der Waals surface area contributed by atoms with Crippen LogP contribution in [-0.2, 0) is 11.3 Å². The van der Waals surface area contributed by atoms with Gasteiger partial charge < -0.3 is 5.32 Å². The second kappa shape index (κ2) is 7.25. The van der Waals surface area contributed by atoms with E-state index < -0.39 is 0 Å². The van der Waals surface area contributed by atoms with E-state index in [-0.39, 0.29) is 24.1 Å². The molecular weight excluding hydrogens is 361 g/mol. The highest BCUT2D eigenvalue weighted by atomic mass is 35.5. The first-order chi connectivity index (χ1) is 12.0. The molecule has 3 rings (SSSR count). The van der Waals surface area contributed by atoms with Crippen molar-refractivity contribution in [2.45, 2.75) is 19.5 Å². The van der Waals surface area contributed by atoms with E-state index in [0.29, 0.717) is 20.9 Å².